The van der Waals surface area contributed by atoms with E-state index in [0.717, 1.165) is 34.5 Å². The minimum atomic E-state index is -4.74. The maximum absolute atomic E-state index is 13.6. The van der Waals surface area contributed by atoms with Crippen molar-refractivity contribution in [2.45, 2.75) is 26.1 Å². The Balaban J connectivity index is 1.21. The van der Waals surface area contributed by atoms with Gasteiger partial charge in [-0.15, -0.1) is 0 Å². The number of hydrogen-bond acceptors (Lipinski definition) is 8. The highest BCUT2D eigenvalue weighted by molar-refractivity contribution is 6.00. The molecule has 0 saturated carbocycles. The van der Waals surface area contributed by atoms with E-state index in [-0.39, 0.29) is 29.7 Å². The van der Waals surface area contributed by atoms with Crippen LogP contribution in [0.15, 0.2) is 83.6 Å². The van der Waals surface area contributed by atoms with Crippen molar-refractivity contribution in [1.82, 2.24) is 15.2 Å². The quantitative estimate of drug-likeness (QED) is 0.165. The molecule has 0 spiro atoms. The fraction of sp³-hybridized carbons (Fsp3) is 0.188. The number of nitrogens with one attached hydrogen (secondary N) is 3. The van der Waals surface area contributed by atoms with Gasteiger partial charge in [-0.25, -0.2) is 9.78 Å². The van der Waals surface area contributed by atoms with Crippen LogP contribution in [-0.2, 0) is 23.9 Å². The number of alkyl halides is 3. The van der Waals surface area contributed by atoms with Crippen molar-refractivity contribution < 1.29 is 41.4 Å². The van der Waals surface area contributed by atoms with Crippen molar-refractivity contribution in [3.05, 3.63) is 102 Å². The lowest BCUT2D eigenvalue weighted by Crippen LogP contribution is -2.35. The van der Waals surface area contributed by atoms with Gasteiger partial charge in [0.05, 0.1) is 31.9 Å². The van der Waals surface area contributed by atoms with Crippen LogP contribution in [0.3, 0.4) is 0 Å². The molecule has 0 unspecified atom stereocenters. The van der Waals surface area contributed by atoms with E-state index < -0.39 is 23.7 Å². The number of benzene rings is 3. The number of rotatable bonds is 10. The van der Waals surface area contributed by atoms with Crippen LogP contribution >= 0.6 is 0 Å². The molecule has 242 valence electrons. The van der Waals surface area contributed by atoms with Gasteiger partial charge in [0.1, 0.15) is 5.75 Å². The number of aromatic nitrogens is 4. The summed E-state index contributed by atoms with van der Waals surface area (Å²) in [5, 5.41) is 11.1. The number of anilines is 3. The Kier molecular flexibility index (Phi) is 9.63. The summed E-state index contributed by atoms with van der Waals surface area (Å²) in [4.78, 5) is 33.7. The highest BCUT2D eigenvalue weighted by Crippen LogP contribution is 2.33. The molecule has 12 nitrogen and oxygen atoms in total. The molecule has 0 fully saturated rings. The minimum Gasteiger partial charge on any atom is -0.497 e. The summed E-state index contributed by atoms with van der Waals surface area (Å²) in [7, 11) is 3.01. The third-order valence-electron chi connectivity index (χ3n) is 6.82. The van der Waals surface area contributed by atoms with Crippen molar-refractivity contribution in [3.8, 4) is 22.9 Å². The lowest BCUT2D eigenvalue weighted by molar-refractivity contribution is -0.754. The van der Waals surface area contributed by atoms with Crippen LogP contribution in [-0.4, -0.2) is 41.4 Å². The molecular formula is C32H29F3N7O5+. The lowest BCUT2D eigenvalue weighted by Gasteiger charge is -2.14. The van der Waals surface area contributed by atoms with Crippen LogP contribution in [0.25, 0.3) is 11.1 Å². The number of aryl methyl sites for hydroxylation is 1. The van der Waals surface area contributed by atoms with Crippen molar-refractivity contribution in [1.29, 1.82) is 0 Å². The van der Waals surface area contributed by atoms with E-state index in [0.29, 0.717) is 17.9 Å². The normalized spacial score (nSPS) is 11.1. The number of halogens is 3. The van der Waals surface area contributed by atoms with E-state index in [1.54, 1.807) is 30.5 Å². The summed E-state index contributed by atoms with van der Waals surface area (Å²) >= 11 is 0. The van der Waals surface area contributed by atoms with Gasteiger partial charge >= 0.3 is 24.1 Å². The molecule has 3 aromatic carbocycles. The molecule has 3 N–H and O–H groups in total. The Morgan fingerprint density at radius 2 is 1.57 bits per heavy atom. The number of hydrogen-bond donors (Lipinski definition) is 3. The third kappa shape index (κ3) is 8.59. The first-order valence-corrected chi connectivity index (χ1v) is 14.1. The van der Waals surface area contributed by atoms with Crippen LogP contribution in [0.2, 0.25) is 0 Å². The summed E-state index contributed by atoms with van der Waals surface area (Å²) in [5.74, 6) is 0.00388. The predicted molar refractivity (Wildman–Crippen MR) is 164 cm³/mol. The number of amides is 3. The Labute approximate surface area is 266 Å². The number of ether oxygens (including phenoxy) is 2. The van der Waals surface area contributed by atoms with Crippen molar-refractivity contribution in [2.75, 3.05) is 30.2 Å². The number of carbonyl (C=O) groups is 2. The second-order valence-corrected chi connectivity index (χ2v) is 10.3. The minimum absolute atomic E-state index is 0.0508. The van der Waals surface area contributed by atoms with Crippen molar-refractivity contribution in [2.24, 2.45) is 0 Å². The van der Waals surface area contributed by atoms with Gasteiger partial charge in [0.2, 0.25) is 17.7 Å². The summed E-state index contributed by atoms with van der Waals surface area (Å²) in [6.45, 7) is 2.16. The molecule has 3 amide bonds. The number of methoxy groups -OCH3 is 2. The summed E-state index contributed by atoms with van der Waals surface area (Å²) in [6.07, 6.45) is -1.71. The van der Waals surface area contributed by atoms with E-state index in [4.69, 9.17) is 14.0 Å². The van der Waals surface area contributed by atoms with E-state index in [1.807, 2.05) is 31.2 Å². The number of urea groups is 1. The van der Waals surface area contributed by atoms with Gasteiger partial charge in [-0.2, -0.15) is 18.2 Å². The van der Waals surface area contributed by atoms with Crippen LogP contribution in [0, 0.1) is 6.92 Å². The van der Waals surface area contributed by atoms with Gasteiger partial charge in [0, 0.05) is 28.7 Å². The van der Waals surface area contributed by atoms with Gasteiger partial charge in [-0.1, -0.05) is 36.4 Å². The topological polar surface area (TPSA) is 144 Å². The second kappa shape index (κ2) is 14.0. The van der Waals surface area contributed by atoms with E-state index in [9.17, 15) is 22.8 Å². The Morgan fingerprint density at radius 3 is 2.21 bits per heavy atom. The van der Waals surface area contributed by atoms with Crippen LogP contribution < -0.4 is 30.1 Å². The van der Waals surface area contributed by atoms with Crippen LogP contribution in [0.4, 0.5) is 35.2 Å². The van der Waals surface area contributed by atoms with E-state index in [2.05, 4.69) is 31.2 Å². The maximum atomic E-state index is 13.6. The first-order valence-electron chi connectivity index (χ1n) is 14.1. The van der Waals surface area contributed by atoms with E-state index in [1.165, 1.54) is 31.2 Å². The zero-order valence-electron chi connectivity index (χ0n) is 25.4. The summed E-state index contributed by atoms with van der Waals surface area (Å²) < 4.78 is 57.6. The molecule has 2 heterocycles. The predicted octanol–water partition coefficient (Wildman–Crippen LogP) is 5.64. The molecular weight excluding hydrogens is 619 g/mol. The summed E-state index contributed by atoms with van der Waals surface area (Å²) in [6, 6.07) is 16.4. The second-order valence-electron chi connectivity index (χ2n) is 10.3. The fourth-order valence-electron chi connectivity index (χ4n) is 4.56. The van der Waals surface area contributed by atoms with Crippen LogP contribution in [0.5, 0.6) is 11.8 Å². The largest absolute Gasteiger partial charge is 0.497 e. The highest BCUT2D eigenvalue weighted by Gasteiger charge is 2.31. The molecule has 5 rings (SSSR count). The molecule has 15 heteroatoms. The summed E-state index contributed by atoms with van der Waals surface area (Å²) in [5.41, 5.74) is 2.62. The molecule has 0 aliphatic rings. The zero-order valence-corrected chi connectivity index (χ0v) is 25.4. The van der Waals surface area contributed by atoms with Gasteiger partial charge in [-0.3, -0.25) is 14.6 Å². The lowest BCUT2D eigenvalue weighted by atomic mass is 10.0. The first-order chi connectivity index (χ1) is 22.5. The molecule has 2 aromatic heterocycles. The smallest absolute Gasteiger partial charge is 0.416 e. The molecule has 0 aliphatic heterocycles. The third-order valence-corrected chi connectivity index (χ3v) is 6.82. The fourth-order valence-corrected chi connectivity index (χ4v) is 4.56. The van der Waals surface area contributed by atoms with Gasteiger partial charge in [-0.05, 0) is 53.1 Å². The van der Waals surface area contributed by atoms with Gasteiger partial charge < -0.3 is 20.1 Å². The monoisotopic (exact) mass is 648 g/mol. The Morgan fingerprint density at radius 1 is 0.894 bits per heavy atom. The molecule has 0 radical (unpaired) electrons. The maximum Gasteiger partial charge on any atom is 0.416 e. The average molecular weight is 649 g/mol. The molecule has 47 heavy (non-hydrogen) atoms. The molecule has 0 atom stereocenters. The van der Waals surface area contributed by atoms with Crippen molar-refractivity contribution in [3.63, 3.8) is 0 Å². The van der Waals surface area contributed by atoms with Gasteiger partial charge in [0.25, 0.3) is 6.20 Å². The molecule has 5 aromatic rings. The van der Waals surface area contributed by atoms with Crippen molar-refractivity contribution >= 4 is 29.2 Å². The number of nitrogens with zero attached hydrogens (tertiary/aromatic N) is 4. The van der Waals surface area contributed by atoms with Crippen LogP contribution in [0.1, 0.15) is 22.4 Å². The van der Waals surface area contributed by atoms with E-state index >= 15 is 0 Å². The van der Waals surface area contributed by atoms with Gasteiger partial charge in [0.15, 0.2) is 0 Å². The standard InChI is InChI=1S/C32H28F3N7O5/c1-19-27(16-36-31(37-19)46-3)22-8-4-21(5-9-22)17-42-18-29(47-41-42)40-30(44)39-25-14-23(32(33,34)35)13-24(15-25)38-28(43)12-20-6-10-26(45-2)11-7-20/h4-11,13-16,18H,12,17H2,1-3H3,(H2-,38,39,40,41,43,44)/p+1. The highest BCUT2D eigenvalue weighted by atomic mass is 19.4. The Bertz CT molecular complexity index is 1880. The Hall–Kier alpha value is -5.99. The average Bonchev–Trinajstić information content (AvgIpc) is 3.47. The molecule has 0 saturated heterocycles. The first kappa shape index (κ1) is 32.4. The zero-order chi connectivity index (χ0) is 33.6. The SMILES string of the molecule is COc1ccc(CC(=O)Nc2cc(NC(=O)Nc3c[n+](Cc4ccc(-c5cnc(OC)nc5C)cc4)no3)cc(C(F)(F)F)c2)cc1. The number of carbonyl (C=O) groups excluding carboxylic acids is 2. The molecule has 0 bridgehead atoms. The molecule has 0 aliphatic carbocycles.